The predicted molar refractivity (Wildman–Crippen MR) is 79.5 cm³/mol. The maximum absolute atomic E-state index is 12.1. The van der Waals surface area contributed by atoms with Crippen LogP contribution in [0, 0.1) is 6.92 Å². The minimum atomic E-state index is -0.234. The van der Waals surface area contributed by atoms with Gasteiger partial charge >= 0.3 is 0 Å². The van der Waals surface area contributed by atoms with Crippen molar-refractivity contribution in [2.45, 2.75) is 13.8 Å². The van der Waals surface area contributed by atoms with E-state index in [0.29, 0.717) is 17.9 Å². The molecule has 0 aliphatic carbocycles. The summed E-state index contributed by atoms with van der Waals surface area (Å²) in [6, 6.07) is 8.71. The number of hydrogen-bond acceptors (Lipinski definition) is 3. The van der Waals surface area contributed by atoms with Gasteiger partial charge in [0.15, 0.2) is 5.15 Å². The molecule has 1 heterocycles. The Kier molecular flexibility index (Phi) is 4.58. The fourth-order valence-electron chi connectivity index (χ4n) is 1.70. The van der Waals surface area contributed by atoms with E-state index < -0.39 is 0 Å². The van der Waals surface area contributed by atoms with Gasteiger partial charge in [0.05, 0.1) is 12.3 Å². The van der Waals surface area contributed by atoms with E-state index in [-0.39, 0.29) is 11.1 Å². The van der Waals surface area contributed by atoms with Crippen LogP contribution in [-0.2, 0) is 0 Å². The lowest BCUT2D eigenvalue weighted by molar-refractivity contribution is 0.102. The number of nitrogens with zero attached hydrogens (tertiary/aromatic N) is 1. The van der Waals surface area contributed by atoms with E-state index >= 15 is 0 Å². The SMILES string of the molecule is CCOc1ccc(C(=O)Nc2cc(C)cnc2Cl)cc1. The van der Waals surface area contributed by atoms with Crippen LogP contribution in [0.25, 0.3) is 0 Å². The number of pyridine rings is 1. The molecule has 0 saturated heterocycles. The van der Waals surface area contributed by atoms with Gasteiger partial charge in [0.25, 0.3) is 5.91 Å². The lowest BCUT2D eigenvalue weighted by atomic mass is 10.2. The number of aryl methyl sites for hydroxylation is 1. The highest BCUT2D eigenvalue weighted by atomic mass is 35.5. The first kappa shape index (κ1) is 14.3. The lowest BCUT2D eigenvalue weighted by Gasteiger charge is -2.08. The zero-order chi connectivity index (χ0) is 14.5. The molecule has 5 heteroatoms. The number of carbonyl (C=O) groups excluding carboxylic acids is 1. The summed E-state index contributed by atoms with van der Waals surface area (Å²) in [5.41, 5.74) is 1.97. The molecule has 0 aliphatic rings. The van der Waals surface area contributed by atoms with Gasteiger partial charge < -0.3 is 10.1 Å². The summed E-state index contributed by atoms with van der Waals surface area (Å²) >= 11 is 5.95. The minimum Gasteiger partial charge on any atom is -0.494 e. The van der Waals surface area contributed by atoms with E-state index in [1.807, 2.05) is 13.8 Å². The summed E-state index contributed by atoms with van der Waals surface area (Å²) in [5, 5.41) is 3.02. The third kappa shape index (κ3) is 3.48. The topological polar surface area (TPSA) is 51.2 Å². The van der Waals surface area contributed by atoms with E-state index in [9.17, 15) is 4.79 Å². The number of nitrogens with one attached hydrogen (secondary N) is 1. The lowest BCUT2D eigenvalue weighted by Crippen LogP contribution is -2.12. The first-order valence-electron chi connectivity index (χ1n) is 6.26. The molecule has 104 valence electrons. The van der Waals surface area contributed by atoms with Crippen LogP contribution in [0.5, 0.6) is 5.75 Å². The zero-order valence-electron chi connectivity index (χ0n) is 11.3. The van der Waals surface area contributed by atoms with E-state index in [1.165, 1.54) is 0 Å². The highest BCUT2D eigenvalue weighted by Gasteiger charge is 2.09. The molecule has 2 rings (SSSR count). The molecule has 0 aliphatic heterocycles. The van der Waals surface area contributed by atoms with Crippen molar-refractivity contribution in [1.29, 1.82) is 0 Å². The van der Waals surface area contributed by atoms with Gasteiger partial charge in [0.2, 0.25) is 0 Å². The van der Waals surface area contributed by atoms with Crippen molar-refractivity contribution in [3.8, 4) is 5.75 Å². The number of amides is 1. The first-order valence-corrected chi connectivity index (χ1v) is 6.64. The smallest absolute Gasteiger partial charge is 0.255 e. The molecule has 1 aromatic heterocycles. The van der Waals surface area contributed by atoms with Gasteiger partial charge in [-0.25, -0.2) is 4.98 Å². The second-order valence-corrected chi connectivity index (χ2v) is 4.62. The maximum atomic E-state index is 12.1. The Morgan fingerprint density at radius 1 is 1.35 bits per heavy atom. The summed E-state index contributed by atoms with van der Waals surface area (Å²) < 4.78 is 5.33. The largest absolute Gasteiger partial charge is 0.494 e. The Balaban J connectivity index is 2.13. The number of anilines is 1. The van der Waals surface area contributed by atoms with Gasteiger partial charge in [-0.05, 0) is 49.7 Å². The molecule has 20 heavy (non-hydrogen) atoms. The van der Waals surface area contributed by atoms with Crippen LogP contribution in [-0.4, -0.2) is 17.5 Å². The molecule has 1 aromatic carbocycles. The van der Waals surface area contributed by atoms with Gasteiger partial charge in [-0.2, -0.15) is 0 Å². The second-order valence-electron chi connectivity index (χ2n) is 4.26. The van der Waals surface area contributed by atoms with Crippen LogP contribution in [0.4, 0.5) is 5.69 Å². The number of carbonyl (C=O) groups is 1. The van der Waals surface area contributed by atoms with E-state index in [0.717, 1.165) is 11.3 Å². The Morgan fingerprint density at radius 2 is 2.05 bits per heavy atom. The molecule has 2 aromatic rings. The third-order valence-corrected chi connectivity index (χ3v) is 2.95. The first-order chi connectivity index (χ1) is 9.60. The average Bonchev–Trinajstić information content (AvgIpc) is 2.44. The Bertz CT molecular complexity index is 612. The highest BCUT2D eigenvalue weighted by molar-refractivity contribution is 6.32. The maximum Gasteiger partial charge on any atom is 0.255 e. The van der Waals surface area contributed by atoms with Gasteiger partial charge in [-0.1, -0.05) is 11.6 Å². The number of hydrogen-bond donors (Lipinski definition) is 1. The van der Waals surface area contributed by atoms with Crippen LogP contribution in [0.3, 0.4) is 0 Å². The molecule has 4 nitrogen and oxygen atoms in total. The summed E-state index contributed by atoms with van der Waals surface area (Å²) in [6.45, 7) is 4.39. The van der Waals surface area contributed by atoms with Crippen LogP contribution < -0.4 is 10.1 Å². The summed E-state index contributed by atoms with van der Waals surface area (Å²) in [7, 11) is 0. The normalized spacial score (nSPS) is 10.2. The van der Waals surface area contributed by atoms with Gasteiger partial charge in [-0.15, -0.1) is 0 Å². The van der Waals surface area contributed by atoms with E-state index in [1.54, 1.807) is 36.5 Å². The summed E-state index contributed by atoms with van der Waals surface area (Å²) in [6.07, 6.45) is 1.65. The number of benzene rings is 1. The second kappa shape index (κ2) is 6.39. The minimum absolute atomic E-state index is 0.234. The zero-order valence-corrected chi connectivity index (χ0v) is 12.1. The molecule has 0 atom stereocenters. The van der Waals surface area contributed by atoms with Crippen molar-refractivity contribution in [1.82, 2.24) is 4.98 Å². The van der Waals surface area contributed by atoms with Gasteiger partial charge in [0, 0.05) is 11.8 Å². The quantitative estimate of drug-likeness (QED) is 0.874. The summed E-state index contributed by atoms with van der Waals surface area (Å²) in [5.74, 6) is 0.502. The Morgan fingerprint density at radius 3 is 2.70 bits per heavy atom. The number of rotatable bonds is 4. The molecule has 0 saturated carbocycles. The van der Waals surface area contributed by atoms with Crippen molar-refractivity contribution < 1.29 is 9.53 Å². The molecule has 0 fully saturated rings. The number of aromatic nitrogens is 1. The molecular formula is C15H15ClN2O2. The van der Waals surface area contributed by atoms with Crippen LogP contribution in [0.1, 0.15) is 22.8 Å². The molecule has 1 N–H and O–H groups in total. The molecular weight excluding hydrogens is 276 g/mol. The average molecular weight is 291 g/mol. The predicted octanol–water partition coefficient (Wildman–Crippen LogP) is 3.69. The van der Waals surface area contributed by atoms with E-state index in [4.69, 9.17) is 16.3 Å². The molecule has 0 spiro atoms. The van der Waals surface area contributed by atoms with Gasteiger partial charge in [0.1, 0.15) is 5.75 Å². The third-order valence-electron chi connectivity index (χ3n) is 2.65. The fraction of sp³-hybridized carbons (Fsp3) is 0.200. The standard InChI is InChI=1S/C15H15ClN2O2/c1-3-20-12-6-4-11(5-7-12)15(19)18-13-8-10(2)9-17-14(13)16/h4-9H,3H2,1-2H3,(H,18,19). The van der Waals surface area contributed by atoms with Crippen molar-refractivity contribution in [3.63, 3.8) is 0 Å². The van der Waals surface area contributed by atoms with Crippen molar-refractivity contribution in [3.05, 3.63) is 52.8 Å². The van der Waals surface area contributed by atoms with Crippen molar-refractivity contribution in [2.24, 2.45) is 0 Å². The molecule has 1 amide bonds. The number of halogens is 1. The number of ether oxygens (including phenoxy) is 1. The Hall–Kier alpha value is -2.07. The monoisotopic (exact) mass is 290 g/mol. The van der Waals surface area contributed by atoms with Crippen LogP contribution in [0.15, 0.2) is 36.5 Å². The van der Waals surface area contributed by atoms with Crippen LogP contribution in [0.2, 0.25) is 5.15 Å². The molecule has 0 radical (unpaired) electrons. The van der Waals surface area contributed by atoms with Crippen molar-refractivity contribution >= 4 is 23.2 Å². The fourth-order valence-corrected chi connectivity index (χ4v) is 1.85. The van der Waals surface area contributed by atoms with E-state index in [2.05, 4.69) is 10.3 Å². The molecule has 0 unspecified atom stereocenters. The van der Waals surface area contributed by atoms with Gasteiger partial charge in [-0.3, -0.25) is 4.79 Å². The van der Waals surface area contributed by atoms with Crippen molar-refractivity contribution in [2.75, 3.05) is 11.9 Å². The highest BCUT2D eigenvalue weighted by Crippen LogP contribution is 2.21. The van der Waals surface area contributed by atoms with Crippen LogP contribution >= 0.6 is 11.6 Å². The Labute approximate surface area is 122 Å². The summed E-state index contributed by atoms with van der Waals surface area (Å²) in [4.78, 5) is 16.1. The molecule has 0 bridgehead atoms.